The number of ether oxygens (including phenoxy) is 2. The lowest BCUT2D eigenvalue weighted by molar-refractivity contribution is -0.135. The maximum atomic E-state index is 13.2. The van der Waals surface area contributed by atoms with E-state index in [9.17, 15) is 9.59 Å². The second-order valence-electron chi connectivity index (χ2n) is 9.90. The molecule has 3 aliphatic heterocycles. The molecule has 7 heteroatoms. The monoisotopic (exact) mass is 457 g/mol. The number of likely N-dealkylation sites (tertiary alicyclic amines) is 1. The number of amides is 2. The molecule has 3 saturated heterocycles. The first-order valence-corrected chi connectivity index (χ1v) is 12.5. The average Bonchev–Trinajstić information content (AvgIpc) is 3.22. The van der Waals surface area contributed by atoms with E-state index in [0.29, 0.717) is 43.0 Å². The lowest BCUT2D eigenvalue weighted by Crippen LogP contribution is -2.51. The van der Waals surface area contributed by atoms with Crippen LogP contribution in [0, 0.1) is 11.8 Å². The van der Waals surface area contributed by atoms with Crippen LogP contribution in [0.4, 0.5) is 0 Å². The van der Waals surface area contributed by atoms with Crippen molar-refractivity contribution in [1.82, 2.24) is 14.7 Å². The van der Waals surface area contributed by atoms with E-state index in [2.05, 4.69) is 4.90 Å². The topological polar surface area (TPSA) is 62.3 Å². The Labute approximate surface area is 198 Å². The number of hydrogen-bond acceptors (Lipinski definition) is 5. The van der Waals surface area contributed by atoms with Gasteiger partial charge in [0.05, 0.1) is 20.1 Å². The fourth-order valence-electron chi connectivity index (χ4n) is 6.00. The van der Waals surface area contributed by atoms with Gasteiger partial charge in [-0.2, -0.15) is 0 Å². The molecule has 0 spiro atoms. The molecule has 7 nitrogen and oxygen atoms in total. The second kappa shape index (κ2) is 10.8. The van der Waals surface area contributed by atoms with Gasteiger partial charge >= 0.3 is 0 Å². The van der Waals surface area contributed by atoms with Crippen molar-refractivity contribution in [3.05, 3.63) is 23.8 Å². The van der Waals surface area contributed by atoms with Crippen LogP contribution in [0.25, 0.3) is 0 Å². The van der Waals surface area contributed by atoms with Gasteiger partial charge in [0.15, 0.2) is 11.5 Å². The van der Waals surface area contributed by atoms with Crippen LogP contribution in [0.1, 0.15) is 44.1 Å². The van der Waals surface area contributed by atoms with Crippen LogP contribution >= 0.6 is 0 Å². The summed E-state index contributed by atoms with van der Waals surface area (Å²) in [5.41, 5.74) is 1.08. The Morgan fingerprint density at radius 1 is 1.09 bits per heavy atom. The normalized spacial score (nSPS) is 25.6. The number of rotatable bonds is 8. The Balaban J connectivity index is 1.29. The van der Waals surface area contributed by atoms with Gasteiger partial charge in [0.1, 0.15) is 0 Å². The van der Waals surface area contributed by atoms with Crippen LogP contribution in [0.3, 0.4) is 0 Å². The van der Waals surface area contributed by atoms with Gasteiger partial charge in [-0.3, -0.25) is 9.59 Å². The molecule has 4 rings (SSSR count). The molecule has 0 radical (unpaired) electrons. The fraction of sp³-hybridized carbons (Fsp3) is 0.692. The Morgan fingerprint density at radius 2 is 1.88 bits per heavy atom. The van der Waals surface area contributed by atoms with Gasteiger partial charge in [0.2, 0.25) is 11.8 Å². The van der Waals surface area contributed by atoms with Crippen LogP contribution < -0.4 is 9.47 Å². The van der Waals surface area contributed by atoms with Gasteiger partial charge in [0, 0.05) is 39.1 Å². The third-order valence-corrected chi connectivity index (χ3v) is 7.80. The Hall–Kier alpha value is -2.28. The molecule has 1 unspecified atom stereocenters. The number of benzene rings is 1. The van der Waals surface area contributed by atoms with Gasteiger partial charge in [-0.05, 0) is 68.8 Å². The Bertz CT molecular complexity index is 843. The summed E-state index contributed by atoms with van der Waals surface area (Å²) >= 11 is 0. The van der Waals surface area contributed by atoms with Crippen molar-refractivity contribution in [2.75, 3.05) is 54.0 Å². The minimum atomic E-state index is -0.223. The Morgan fingerprint density at radius 3 is 2.67 bits per heavy atom. The molecule has 3 aliphatic rings. The molecule has 0 aliphatic carbocycles. The fourth-order valence-corrected chi connectivity index (χ4v) is 6.00. The highest BCUT2D eigenvalue weighted by Gasteiger charge is 2.38. The summed E-state index contributed by atoms with van der Waals surface area (Å²) < 4.78 is 10.7. The number of carbonyl (C=O) groups excluding carboxylic acids is 2. The molecular formula is C26H39N3O4. The van der Waals surface area contributed by atoms with E-state index >= 15 is 0 Å². The standard InChI is InChI=1S/C26H39N3O4/c1-27(17-20-7-6-13-28-12-5-4-8-22(20)28)26(31)21-16-25(30)29(18-21)14-11-19-9-10-23(32-2)24(15-19)33-3/h9-10,15,20-22H,4-8,11-14,16-18H2,1-3H3/t20-,21?,22+/m0/s1. The van der Waals surface area contributed by atoms with Crippen molar-refractivity contribution < 1.29 is 19.1 Å². The van der Waals surface area contributed by atoms with Gasteiger partial charge in [0.25, 0.3) is 0 Å². The quantitative estimate of drug-likeness (QED) is 0.601. The van der Waals surface area contributed by atoms with Crippen molar-refractivity contribution in [2.24, 2.45) is 11.8 Å². The predicted octanol–water partition coefficient (Wildman–Crippen LogP) is 2.82. The smallest absolute Gasteiger partial charge is 0.227 e. The van der Waals surface area contributed by atoms with Crippen molar-refractivity contribution >= 4 is 11.8 Å². The number of nitrogens with zero attached hydrogens (tertiary/aromatic N) is 3. The van der Waals surface area contributed by atoms with E-state index in [1.807, 2.05) is 35.0 Å². The third kappa shape index (κ3) is 5.45. The highest BCUT2D eigenvalue weighted by atomic mass is 16.5. The average molecular weight is 458 g/mol. The number of fused-ring (bicyclic) bond motifs is 1. The molecule has 33 heavy (non-hydrogen) atoms. The zero-order chi connectivity index (χ0) is 23.4. The third-order valence-electron chi connectivity index (χ3n) is 7.80. The van der Waals surface area contributed by atoms with E-state index in [0.717, 1.165) is 18.5 Å². The summed E-state index contributed by atoms with van der Waals surface area (Å²) in [6.45, 7) is 4.38. The summed E-state index contributed by atoms with van der Waals surface area (Å²) in [4.78, 5) is 32.2. The summed E-state index contributed by atoms with van der Waals surface area (Å²) in [5.74, 6) is 1.94. The summed E-state index contributed by atoms with van der Waals surface area (Å²) in [5, 5.41) is 0. The number of methoxy groups -OCH3 is 2. The van der Waals surface area contributed by atoms with Gasteiger partial charge < -0.3 is 24.2 Å². The molecule has 0 N–H and O–H groups in total. The largest absolute Gasteiger partial charge is 0.493 e. The summed E-state index contributed by atoms with van der Waals surface area (Å²) in [6.07, 6.45) is 7.37. The number of hydrogen-bond donors (Lipinski definition) is 0. The minimum Gasteiger partial charge on any atom is -0.493 e. The molecule has 182 valence electrons. The van der Waals surface area contributed by atoms with E-state index in [-0.39, 0.29) is 17.7 Å². The van der Waals surface area contributed by atoms with Crippen molar-refractivity contribution in [1.29, 1.82) is 0 Å². The van der Waals surface area contributed by atoms with E-state index in [1.165, 1.54) is 45.2 Å². The molecule has 3 atom stereocenters. The first kappa shape index (κ1) is 23.9. The van der Waals surface area contributed by atoms with Crippen LogP contribution in [0.15, 0.2) is 18.2 Å². The molecule has 0 saturated carbocycles. The maximum Gasteiger partial charge on any atom is 0.227 e. The van der Waals surface area contributed by atoms with Crippen LogP contribution in [0.5, 0.6) is 11.5 Å². The first-order valence-electron chi connectivity index (χ1n) is 12.5. The van der Waals surface area contributed by atoms with Gasteiger partial charge in [-0.25, -0.2) is 0 Å². The summed E-state index contributed by atoms with van der Waals surface area (Å²) in [7, 11) is 5.17. The van der Waals surface area contributed by atoms with E-state index < -0.39 is 0 Å². The van der Waals surface area contributed by atoms with Crippen LogP contribution in [-0.2, 0) is 16.0 Å². The second-order valence-corrected chi connectivity index (χ2v) is 9.90. The molecule has 3 heterocycles. The van der Waals surface area contributed by atoms with Crippen LogP contribution in [0.2, 0.25) is 0 Å². The molecule has 3 fully saturated rings. The summed E-state index contributed by atoms with van der Waals surface area (Å²) in [6, 6.07) is 6.47. The molecular weight excluding hydrogens is 418 g/mol. The van der Waals surface area contributed by atoms with E-state index in [1.54, 1.807) is 14.2 Å². The lowest BCUT2D eigenvalue weighted by Gasteiger charge is -2.45. The van der Waals surface area contributed by atoms with Crippen LogP contribution in [-0.4, -0.2) is 86.5 Å². The Kier molecular flexibility index (Phi) is 7.78. The van der Waals surface area contributed by atoms with Gasteiger partial charge in [-0.1, -0.05) is 12.5 Å². The minimum absolute atomic E-state index is 0.0818. The molecule has 0 aromatic heterocycles. The molecule has 2 amide bonds. The van der Waals surface area contributed by atoms with E-state index in [4.69, 9.17) is 9.47 Å². The van der Waals surface area contributed by atoms with Crippen molar-refractivity contribution in [3.8, 4) is 11.5 Å². The number of carbonyl (C=O) groups is 2. The van der Waals surface area contributed by atoms with Crippen molar-refractivity contribution in [2.45, 2.75) is 51.0 Å². The molecule has 0 bridgehead atoms. The molecule has 1 aromatic rings. The van der Waals surface area contributed by atoms with Crippen molar-refractivity contribution in [3.63, 3.8) is 0 Å². The zero-order valence-corrected chi connectivity index (χ0v) is 20.4. The SMILES string of the molecule is COc1ccc(CCN2CC(C(=O)N(C)C[C@@H]3CCCN4CCCC[C@H]34)CC2=O)cc1OC. The lowest BCUT2D eigenvalue weighted by atomic mass is 9.83. The highest BCUT2D eigenvalue weighted by molar-refractivity contribution is 5.89. The first-order chi connectivity index (χ1) is 16.0. The predicted molar refractivity (Wildman–Crippen MR) is 128 cm³/mol. The number of piperidine rings is 2. The van der Waals surface area contributed by atoms with Gasteiger partial charge in [-0.15, -0.1) is 0 Å². The maximum absolute atomic E-state index is 13.2. The molecule has 1 aromatic carbocycles. The highest BCUT2D eigenvalue weighted by Crippen LogP contribution is 2.32. The zero-order valence-electron chi connectivity index (χ0n) is 20.4.